The molecule has 5 atom stereocenters. The van der Waals surface area contributed by atoms with Gasteiger partial charge in [-0.2, -0.15) is 0 Å². The van der Waals surface area contributed by atoms with Gasteiger partial charge in [0, 0.05) is 17.6 Å². The van der Waals surface area contributed by atoms with Crippen molar-refractivity contribution in [2.24, 2.45) is 17.8 Å². The van der Waals surface area contributed by atoms with Crippen LogP contribution in [0.4, 0.5) is 8.78 Å². The maximum Gasteiger partial charge on any atom is 0.163 e. The molecule has 5 unspecified atom stereocenters. The first-order valence-corrected chi connectivity index (χ1v) is 7.76. The largest absolute Gasteiger partial charge is 0.307 e. The van der Waals surface area contributed by atoms with Gasteiger partial charge >= 0.3 is 0 Å². The molecule has 2 bridgehead atoms. The van der Waals surface area contributed by atoms with E-state index in [0.717, 1.165) is 11.8 Å². The molecule has 20 heavy (non-hydrogen) atoms. The maximum absolute atomic E-state index is 13.8. The molecule has 0 heterocycles. The van der Waals surface area contributed by atoms with Crippen molar-refractivity contribution in [3.05, 3.63) is 35.4 Å². The predicted molar refractivity (Wildman–Crippen MR) is 76.3 cm³/mol. The molecule has 0 aromatic heterocycles. The highest BCUT2D eigenvalue weighted by Crippen LogP contribution is 2.49. The molecular weight excluding hydrogens is 256 g/mol. The van der Waals surface area contributed by atoms with Crippen molar-refractivity contribution in [2.75, 3.05) is 0 Å². The normalized spacial score (nSPS) is 31.5. The van der Waals surface area contributed by atoms with Crippen molar-refractivity contribution in [1.82, 2.24) is 5.32 Å². The van der Waals surface area contributed by atoms with Crippen LogP contribution in [0, 0.1) is 29.4 Å². The minimum atomic E-state index is -0.760. The summed E-state index contributed by atoms with van der Waals surface area (Å²) in [5.41, 5.74) is 0.431. The smallest absolute Gasteiger partial charge is 0.163 e. The fourth-order valence-electron chi connectivity index (χ4n) is 4.37. The van der Waals surface area contributed by atoms with Crippen LogP contribution in [0.1, 0.15) is 51.1 Å². The summed E-state index contributed by atoms with van der Waals surface area (Å²) in [4.78, 5) is 0. The van der Waals surface area contributed by atoms with Crippen molar-refractivity contribution in [1.29, 1.82) is 0 Å². The van der Waals surface area contributed by atoms with Gasteiger partial charge in [0.2, 0.25) is 0 Å². The van der Waals surface area contributed by atoms with Crippen LogP contribution >= 0.6 is 0 Å². The third-order valence-corrected chi connectivity index (χ3v) is 5.40. The Hall–Kier alpha value is -0.960. The van der Waals surface area contributed by atoms with Gasteiger partial charge in [0.05, 0.1) is 0 Å². The Balaban J connectivity index is 1.66. The Bertz CT molecular complexity index is 488. The first-order valence-electron chi connectivity index (χ1n) is 7.76. The minimum absolute atomic E-state index is 0.153. The topological polar surface area (TPSA) is 12.0 Å². The SMILES string of the molecule is CC(NC(C)C1CC2CCC1C2)c1cccc(F)c1F. The Labute approximate surface area is 119 Å². The van der Waals surface area contributed by atoms with E-state index in [1.54, 1.807) is 12.1 Å². The van der Waals surface area contributed by atoms with Gasteiger partial charge in [0.15, 0.2) is 11.6 Å². The second-order valence-electron chi connectivity index (χ2n) is 6.66. The third-order valence-electron chi connectivity index (χ3n) is 5.40. The van der Waals surface area contributed by atoms with E-state index in [2.05, 4.69) is 12.2 Å². The number of benzene rings is 1. The van der Waals surface area contributed by atoms with Crippen LogP contribution in [-0.4, -0.2) is 6.04 Å². The second-order valence-corrected chi connectivity index (χ2v) is 6.66. The van der Waals surface area contributed by atoms with Gasteiger partial charge in [0.1, 0.15) is 0 Å². The van der Waals surface area contributed by atoms with Gasteiger partial charge in [-0.15, -0.1) is 0 Å². The fourth-order valence-corrected chi connectivity index (χ4v) is 4.37. The Morgan fingerprint density at radius 2 is 1.95 bits per heavy atom. The highest BCUT2D eigenvalue weighted by Gasteiger charge is 2.41. The highest BCUT2D eigenvalue weighted by atomic mass is 19.2. The molecule has 1 aromatic rings. The average Bonchev–Trinajstić information content (AvgIpc) is 3.04. The molecule has 2 aliphatic rings. The molecule has 3 rings (SSSR count). The first-order chi connectivity index (χ1) is 9.56. The summed E-state index contributed by atoms with van der Waals surface area (Å²) in [5, 5.41) is 3.48. The number of halogens is 2. The molecule has 0 amide bonds. The van der Waals surface area contributed by atoms with E-state index in [0.29, 0.717) is 17.5 Å². The maximum atomic E-state index is 13.8. The van der Waals surface area contributed by atoms with Crippen LogP contribution in [0.25, 0.3) is 0 Å². The lowest BCUT2D eigenvalue weighted by atomic mass is 9.83. The van der Waals surface area contributed by atoms with Gasteiger partial charge in [-0.05, 0) is 56.9 Å². The lowest BCUT2D eigenvalue weighted by Crippen LogP contribution is -2.38. The Morgan fingerprint density at radius 1 is 1.15 bits per heavy atom. The lowest BCUT2D eigenvalue weighted by Gasteiger charge is -2.31. The minimum Gasteiger partial charge on any atom is -0.307 e. The van der Waals surface area contributed by atoms with Crippen molar-refractivity contribution >= 4 is 0 Å². The highest BCUT2D eigenvalue weighted by molar-refractivity contribution is 5.22. The molecule has 0 aliphatic heterocycles. The van der Waals surface area contributed by atoms with Crippen LogP contribution < -0.4 is 5.32 Å². The van der Waals surface area contributed by atoms with E-state index in [-0.39, 0.29) is 6.04 Å². The monoisotopic (exact) mass is 279 g/mol. The van der Waals surface area contributed by atoms with Crippen LogP contribution in [-0.2, 0) is 0 Å². The van der Waals surface area contributed by atoms with Gasteiger partial charge in [-0.1, -0.05) is 18.6 Å². The molecule has 0 saturated heterocycles. The van der Waals surface area contributed by atoms with Gasteiger partial charge < -0.3 is 5.32 Å². The molecule has 0 spiro atoms. The van der Waals surface area contributed by atoms with Crippen LogP contribution in [0.2, 0.25) is 0 Å². The summed E-state index contributed by atoms with van der Waals surface area (Å²) in [6.45, 7) is 4.11. The van der Waals surface area contributed by atoms with Crippen molar-refractivity contribution in [3.8, 4) is 0 Å². The van der Waals surface area contributed by atoms with Gasteiger partial charge in [0.25, 0.3) is 0 Å². The van der Waals surface area contributed by atoms with E-state index >= 15 is 0 Å². The molecule has 3 heteroatoms. The van der Waals surface area contributed by atoms with Crippen molar-refractivity contribution in [3.63, 3.8) is 0 Å². The average molecular weight is 279 g/mol. The zero-order valence-electron chi connectivity index (χ0n) is 12.2. The Kier molecular flexibility index (Phi) is 3.80. The fraction of sp³-hybridized carbons (Fsp3) is 0.647. The van der Waals surface area contributed by atoms with E-state index in [9.17, 15) is 8.78 Å². The Morgan fingerprint density at radius 3 is 2.60 bits per heavy atom. The summed E-state index contributed by atoms with van der Waals surface area (Å²) in [6.07, 6.45) is 5.42. The standard InChI is InChI=1S/C17H23F2N/c1-10(14-4-3-5-16(18)17(14)19)20-11(2)15-9-12-6-7-13(15)8-12/h3-5,10-13,15,20H,6-9H2,1-2H3. The summed E-state index contributed by atoms with van der Waals surface area (Å²) in [7, 11) is 0. The zero-order valence-corrected chi connectivity index (χ0v) is 12.2. The van der Waals surface area contributed by atoms with Crippen LogP contribution in [0.3, 0.4) is 0 Å². The summed E-state index contributed by atoms with van der Waals surface area (Å²) >= 11 is 0. The van der Waals surface area contributed by atoms with Crippen molar-refractivity contribution in [2.45, 2.75) is 51.6 Å². The number of hydrogen-bond donors (Lipinski definition) is 1. The molecule has 110 valence electrons. The second kappa shape index (κ2) is 5.44. The van der Waals surface area contributed by atoms with E-state index in [1.807, 2.05) is 6.92 Å². The third kappa shape index (κ3) is 2.48. The summed E-state index contributed by atoms with van der Waals surface area (Å²) in [6, 6.07) is 4.63. The van der Waals surface area contributed by atoms with Gasteiger partial charge in [-0.25, -0.2) is 8.78 Å². The van der Waals surface area contributed by atoms with E-state index < -0.39 is 11.6 Å². The quantitative estimate of drug-likeness (QED) is 0.859. The van der Waals surface area contributed by atoms with Gasteiger partial charge in [-0.3, -0.25) is 0 Å². The number of fused-ring (bicyclic) bond motifs is 2. The lowest BCUT2D eigenvalue weighted by molar-refractivity contribution is 0.247. The van der Waals surface area contributed by atoms with Crippen LogP contribution in [0.5, 0.6) is 0 Å². The zero-order chi connectivity index (χ0) is 14.3. The first kappa shape index (κ1) is 14.0. The van der Waals surface area contributed by atoms with E-state index in [1.165, 1.54) is 31.7 Å². The molecule has 0 radical (unpaired) electrons. The molecule has 2 saturated carbocycles. The number of hydrogen-bond acceptors (Lipinski definition) is 1. The summed E-state index contributed by atoms with van der Waals surface area (Å²) < 4.78 is 27.1. The summed E-state index contributed by atoms with van der Waals surface area (Å²) in [5.74, 6) is 0.978. The van der Waals surface area contributed by atoms with E-state index in [4.69, 9.17) is 0 Å². The van der Waals surface area contributed by atoms with Crippen molar-refractivity contribution < 1.29 is 8.78 Å². The number of rotatable bonds is 4. The molecule has 2 fully saturated rings. The number of nitrogens with one attached hydrogen (secondary N) is 1. The predicted octanol–water partition coefficient (Wildman–Crippen LogP) is 4.44. The molecule has 2 aliphatic carbocycles. The molecule has 1 aromatic carbocycles. The molecule has 1 N–H and O–H groups in total. The molecule has 1 nitrogen and oxygen atoms in total. The molecular formula is C17H23F2N. The van der Waals surface area contributed by atoms with Crippen LogP contribution in [0.15, 0.2) is 18.2 Å².